The Balaban J connectivity index is 2.18. The molecule has 14 heavy (non-hydrogen) atoms. The quantitative estimate of drug-likeness (QED) is 0.377. The number of thiazole rings is 1. The molecular formula is C9H8N2OS2. The highest BCUT2D eigenvalue weighted by atomic mass is 32.2. The van der Waals surface area contributed by atoms with E-state index in [-0.39, 0.29) is 0 Å². The summed E-state index contributed by atoms with van der Waals surface area (Å²) in [6.45, 7) is 0. The molecule has 1 heterocycles. The zero-order chi connectivity index (χ0) is 9.80. The molecule has 0 spiro atoms. The Hall–Kier alpha value is -1.07. The second kappa shape index (κ2) is 4.43. The van der Waals surface area contributed by atoms with Gasteiger partial charge in [-0.05, 0) is 12.1 Å². The molecule has 0 saturated heterocycles. The van der Waals surface area contributed by atoms with Crippen LogP contribution in [0.15, 0.2) is 33.8 Å². The van der Waals surface area contributed by atoms with Crippen LogP contribution in [-0.4, -0.2) is 22.2 Å². The molecule has 0 aliphatic rings. The molecule has 72 valence electrons. The number of oxime groups is 1. The van der Waals surface area contributed by atoms with E-state index in [4.69, 9.17) is 5.21 Å². The highest BCUT2D eigenvalue weighted by Crippen LogP contribution is 2.28. The average Bonchev–Trinajstić information content (AvgIpc) is 2.60. The normalized spacial score (nSPS) is 11.4. The van der Waals surface area contributed by atoms with Crippen LogP contribution in [0, 0.1) is 0 Å². The minimum atomic E-state index is 0.649. The van der Waals surface area contributed by atoms with E-state index in [9.17, 15) is 0 Å². The number of aromatic nitrogens is 1. The average molecular weight is 224 g/mol. The largest absolute Gasteiger partial charge is 0.411 e. The van der Waals surface area contributed by atoms with Crippen molar-refractivity contribution in [1.29, 1.82) is 0 Å². The van der Waals surface area contributed by atoms with Gasteiger partial charge in [-0.25, -0.2) is 4.98 Å². The summed E-state index contributed by atoms with van der Waals surface area (Å²) in [7, 11) is 0. The van der Waals surface area contributed by atoms with E-state index in [1.807, 2.05) is 18.2 Å². The fraction of sp³-hybridized carbons (Fsp3) is 0.111. The van der Waals surface area contributed by atoms with Crippen LogP contribution < -0.4 is 0 Å². The summed E-state index contributed by atoms with van der Waals surface area (Å²) in [5, 5.41) is 11.2. The highest BCUT2D eigenvalue weighted by molar-refractivity contribution is 8.01. The lowest BCUT2D eigenvalue weighted by Crippen LogP contribution is -1.78. The molecule has 3 nitrogen and oxygen atoms in total. The van der Waals surface area contributed by atoms with E-state index < -0.39 is 0 Å². The number of para-hydroxylation sites is 1. The lowest BCUT2D eigenvalue weighted by molar-refractivity contribution is 0.321. The van der Waals surface area contributed by atoms with Gasteiger partial charge in [0.25, 0.3) is 0 Å². The maximum atomic E-state index is 8.22. The van der Waals surface area contributed by atoms with Gasteiger partial charge in [0.1, 0.15) is 0 Å². The van der Waals surface area contributed by atoms with Gasteiger partial charge < -0.3 is 5.21 Å². The summed E-state index contributed by atoms with van der Waals surface area (Å²) in [6.07, 6.45) is 1.46. The molecule has 2 aromatic rings. The molecule has 1 N–H and O–H groups in total. The Morgan fingerprint density at radius 3 is 3.14 bits per heavy atom. The van der Waals surface area contributed by atoms with Crippen molar-refractivity contribution >= 4 is 39.5 Å². The molecule has 1 aromatic heterocycles. The third kappa shape index (κ3) is 2.05. The van der Waals surface area contributed by atoms with Gasteiger partial charge in [0.05, 0.1) is 16.4 Å². The Kier molecular flexibility index (Phi) is 3.00. The lowest BCUT2D eigenvalue weighted by Gasteiger charge is -1.86. The highest BCUT2D eigenvalue weighted by Gasteiger charge is 2.01. The summed E-state index contributed by atoms with van der Waals surface area (Å²) in [6, 6.07) is 8.03. The second-order valence-electron chi connectivity index (χ2n) is 2.56. The number of benzene rings is 1. The molecule has 0 aliphatic carbocycles. The monoisotopic (exact) mass is 224 g/mol. The molecule has 1 aromatic carbocycles. The SMILES string of the molecule is O/N=C/CSc1nc2ccccc2s1. The van der Waals surface area contributed by atoms with Crippen LogP contribution in [0.1, 0.15) is 0 Å². The smallest absolute Gasteiger partial charge is 0.151 e. The minimum Gasteiger partial charge on any atom is -0.411 e. The molecule has 0 bridgehead atoms. The molecule has 0 atom stereocenters. The number of thioether (sulfide) groups is 1. The van der Waals surface area contributed by atoms with Gasteiger partial charge in [0, 0.05) is 5.75 Å². The Labute approximate surface area is 89.5 Å². The molecule has 0 aliphatic heterocycles. The third-order valence-corrected chi connectivity index (χ3v) is 3.73. The molecule has 5 heteroatoms. The van der Waals surface area contributed by atoms with Gasteiger partial charge in [-0.1, -0.05) is 23.9 Å². The molecule has 0 amide bonds. The van der Waals surface area contributed by atoms with Crippen LogP contribution >= 0.6 is 23.1 Å². The predicted molar refractivity (Wildman–Crippen MR) is 60.6 cm³/mol. The number of hydrogen-bond acceptors (Lipinski definition) is 5. The molecule has 0 radical (unpaired) electrons. The topological polar surface area (TPSA) is 45.5 Å². The zero-order valence-electron chi connectivity index (χ0n) is 7.25. The van der Waals surface area contributed by atoms with Crippen molar-refractivity contribution in [2.24, 2.45) is 5.16 Å². The molecule has 2 rings (SSSR count). The summed E-state index contributed by atoms with van der Waals surface area (Å²) in [5.41, 5.74) is 1.03. The van der Waals surface area contributed by atoms with Crippen LogP contribution in [0.3, 0.4) is 0 Å². The van der Waals surface area contributed by atoms with Crippen LogP contribution in [0.25, 0.3) is 10.2 Å². The maximum Gasteiger partial charge on any atom is 0.151 e. The van der Waals surface area contributed by atoms with Gasteiger partial charge >= 0.3 is 0 Å². The summed E-state index contributed by atoms with van der Waals surface area (Å²) in [5.74, 6) is 0.649. The van der Waals surface area contributed by atoms with E-state index in [1.165, 1.54) is 10.9 Å². The molecule has 0 fully saturated rings. The van der Waals surface area contributed by atoms with Crippen LogP contribution in [0.5, 0.6) is 0 Å². The standard InChI is InChI=1S/C9H8N2OS2/c12-10-5-6-13-9-11-7-3-1-2-4-8(7)14-9/h1-5,12H,6H2/b10-5+. The fourth-order valence-electron chi connectivity index (χ4n) is 1.05. The van der Waals surface area contributed by atoms with E-state index in [0.717, 1.165) is 9.86 Å². The van der Waals surface area contributed by atoms with E-state index in [0.29, 0.717) is 5.75 Å². The van der Waals surface area contributed by atoms with Gasteiger partial charge in [-0.3, -0.25) is 0 Å². The fourth-order valence-corrected chi connectivity index (χ4v) is 2.91. The molecule has 0 saturated carbocycles. The zero-order valence-corrected chi connectivity index (χ0v) is 8.88. The first-order chi connectivity index (χ1) is 6.90. The number of hydrogen-bond donors (Lipinski definition) is 1. The number of fused-ring (bicyclic) bond motifs is 1. The van der Waals surface area contributed by atoms with Crippen molar-refractivity contribution in [3.8, 4) is 0 Å². The van der Waals surface area contributed by atoms with E-state index >= 15 is 0 Å². The summed E-state index contributed by atoms with van der Waals surface area (Å²) >= 11 is 3.23. The Morgan fingerprint density at radius 2 is 2.36 bits per heavy atom. The second-order valence-corrected chi connectivity index (χ2v) is 4.85. The van der Waals surface area contributed by atoms with Crippen molar-refractivity contribution in [2.75, 3.05) is 5.75 Å². The lowest BCUT2D eigenvalue weighted by atomic mass is 10.3. The third-order valence-electron chi connectivity index (χ3n) is 1.64. The number of rotatable bonds is 3. The van der Waals surface area contributed by atoms with Crippen molar-refractivity contribution in [2.45, 2.75) is 4.34 Å². The Bertz CT molecular complexity index is 420. The van der Waals surface area contributed by atoms with Crippen LogP contribution in [0.4, 0.5) is 0 Å². The first kappa shape index (κ1) is 9.48. The number of nitrogens with zero attached hydrogens (tertiary/aromatic N) is 2. The van der Waals surface area contributed by atoms with Gasteiger partial charge in [0.15, 0.2) is 4.34 Å². The summed E-state index contributed by atoms with van der Waals surface area (Å²) < 4.78 is 2.20. The van der Waals surface area contributed by atoms with Crippen LogP contribution in [-0.2, 0) is 0 Å². The maximum absolute atomic E-state index is 8.22. The first-order valence-electron chi connectivity index (χ1n) is 4.04. The molecule has 0 unspecified atom stereocenters. The molecular weight excluding hydrogens is 216 g/mol. The van der Waals surface area contributed by atoms with Crippen molar-refractivity contribution in [3.63, 3.8) is 0 Å². The van der Waals surface area contributed by atoms with Crippen LogP contribution in [0.2, 0.25) is 0 Å². The van der Waals surface area contributed by atoms with Gasteiger partial charge in [-0.2, -0.15) is 0 Å². The van der Waals surface area contributed by atoms with Crippen molar-refractivity contribution < 1.29 is 5.21 Å². The van der Waals surface area contributed by atoms with Gasteiger partial charge in [-0.15, -0.1) is 16.5 Å². The first-order valence-corrected chi connectivity index (χ1v) is 5.84. The minimum absolute atomic E-state index is 0.649. The van der Waals surface area contributed by atoms with Gasteiger partial charge in [0.2, 0.25) is 0 Å². The Morgan fingerprint density at radius 1 is 1.50 bits per heavy atom. The van der Waals surface area contributed by atoms with E-state index in [2.05, 4.69) is 16.2 Å². The van der Waals surface area contributed by atoms with Crippen molar-refractivity contribution in [3.05, 3.63) is 24.3 Å². The van der Waals surface area contributed by atoms with Crippen molar-refractivity contribution in [1.82, 2.24) is 4.98 Å². The van der Waals surface area contributed by atoms with E-state index in [1.54, 1.807) is 23.1 Å². The predicted octanol–water partition coefficient (Wildman–Crippen LogP) is 2.85. The summed E-state index contributed by atoms with van der Waals surface area (Å²) in [4.78, 5) is 4.42.